The maximum Gasteiger partial charge on any atom is 0.319 e. The first-order valence-electron chi connectivity index (χ1n) is 7.71. The van der Waals surface area contributed by atoms with Crippen molar-refractivity contribution in [3.8, 4) is 0 Å². The Morgan fingerprint density at radius 1 is 1.15 bits per heavy atom. The van der Waals surface area contributed by atoms with Crippen LogP contribution in [0, 0.1) is 11.3 Å². The van der Waals surface area contributed by atoms with Crippen LogP contribution in [0.2, 0.25) is 0 Å². The summed E-state index contributed by atoms with van der Waals surface area (Å²) in [5.74, 6) is -1.41. The lowest BCUT2D eigenvalue weighted by atomic mass is 9.80. The summed E-state index contributed by atoms with van der Waals surface area (Å²) in [6, 6.07) is 0.0910. The van der Waals surface area contributed by atoms with E-state index in [9.17, 15) is 9.59 Å². The zero-order valence-corrected chi connectivity index (χ0v) is 13.9. The van der Waals surface area contributed by atoms with E-state index < -0.39 is 17.3 Å². The van der Waals surface area contributed by atoms with E-state index in [1.165, 1.54) is 6.42 Å². The predicted molar refractivity (Wildman–Crippen MR) is 81.3 cm³/mol. The molecule has 0 spiro atoms. The van der Waals surface area contributed by atoms with E-state index in [-0.39, 0.29) is 11.9 Å². The molecule has 0 bridgehead atoms. The van der Waals surface area contributed by atoms with Crippen molar-refractivity contribution in [2.75, 3.05) is 6.61 Å². The summed E-state index contributed by atoms with van der Waals surface area (Å²) >= 11 is 0. The molecule has 1 amide bonds. The van der Waals surface area contributed by atoms with Crippen LogP contribution >= 0.6 is 0 Å². The van der Waals surface area contributed by atoms with Gasteiger partial charge in [-0.15, -0.1) is 0 Å². The molecule has 0 rings (SSSR count). The fourth-order valence-corrected chi connectivity index (χ4v) is 2.18. The van der Waals surface area contributed by atoms with Crippen LogP contribution in [0.3, 0.4) is 0 Å². The van der Waals surface area contributed by atoms with Crippen LogP contribution in [-0.4, -0.2) is 24.5 Å². The number of nitrogens with one attached hydrogen (secondary N) is 1. The third-order valence-electron chi connectivity index (χ3n) is 3.28. The average Bonchev–Trinajstić information content (AvgIpc) is 2.27. The molecular weight excluding hydrogens is 254 g/mol. The highest BCUT2D eigenvalue weighted by Gasteiger charge is 2.39. The Morgan fingerprint density at radius 3 is 2.20 bits per heavy atom. The molecule has 2 atom stereocenters. The molecule has 0 aliphatic carbocycles. The Labute approximate surface area is 123 Å². The summed E-state index contributed by atoms with van der Waals surface area (Å²) in [6.07, 6.45) is 4.37. The van der Waals surface area contributed by atoms with Gasteiger partial charge in [-0.2, -0.15) is 0 Å². The van der Waals surface area contributed by atoms with Gasteiger partial charge < -0.3 is 10.1 Å². The van der Waals surface area contributed by atoms with Gasteiger partial charge in [0.25, 0.3) is 0 Å². The molecule has 118 valence electrons. The van der Waals surface area contributed by atoms with Gasteiger partial charge in [0, 0.05) is 6.04 Å². The highest BCUT2D eigenvalue weighted by atomic mass is 16.5. The van der Waals surface area contributed by atoms with Gasteiger partial charge in [0.15, 0.2) is 0 Å². The fourth-order valence-electron chi connectivity index (χ4n) is 2.18. The van der Waals surface area contributed by atoms with Crippen molar-refractivity contribution in [3.63, 3.8) is 0 Å². The van der Waals surface area contributed by atoms with Gasteiger partial charge in [-0.25, -0.2) is 0 Å². The quantitative estimate of drug-likeness (QED) is 0.423. The number of carbonyl (C=O) groups excluding carboxylic acids is 2. The van der Waals surface area contributed by atoms with E-state index in [2.05, 4.69) is 12.2 Å². The van der Waals surface area contributed by atoms with Crippen molar-refractivity contribution in [2.24, 2.45) is 11.3 Å². The molecule has 4 heteroatoms. The number of carbonyl (C=O) groups is 2. The molecule has 4 nitrogen and oxygen atoms in total. The standard InChI is InChI=1S/C16H31NO3/c1-7-9-10-11-12(3)17-14(18)13(16(4,5)6)15(19)20-8-2/h12-13H,7-11H2,1-6H3,(H,17,18). The monoisotopic (exact) mass is 285 g/mol. The van der Waals surface area contributed by atoms with Gasteiger partial charge in [0.2, 0.25) is 5.91 Å². The van der Waals surface area contributed by atoms with Crippen LogP contribution in [0.5, 0.6) is 0 Å². The van der Waals surface area contributed by atoms with Crippen molar-refractivity contribution in [3.05, 3.63) is 0 Å². The first kappa shape index (κ1) is 18.9. The Balaban J connectivity index is 4.60. The Morgan fingerprint density at radius 2 is 1.75 bits per heavy atom. The van der Waals surface area contributed by atoms with Crippen LogP contribution in [0.4, 0.5) is 0 Å². The zero-order valence-electron chi connectivity index (χ0n) is 13.9. The normalized spacial score (nSPS) is 14.5. The fraction of sp³-hybridized carbons (Fsp3) is 0.875. The van der Waals surface area contributed by atoms with E-state index in [4.69, 9.17) is 4.74 Å². The molecule has 20 heavy (non-hydrogen) atoms. The topological polar surface area (TPSA) is 55.4 Å². The number of esters is 1. The first-order valence-corrected chi connectivity index (χ1v) is 7.71. The van der Waals surface area contributed by atoms with Crippen LogP contribution in [0.25, 0.3) is 0 Å². The number of hydrogen-bond acceptors (Lipinski definition) is 3. The lowest BCUT2D eigenvalue weighted by Gasteiger charge is -2.28. The summed E-state index contributed by atoms with van der Waals surface area (Å²) in [7, 11) is 0. The largest absolute Gasteiger partial charge is 0.465 e. The number of unbranched alkanes of at least 4 members (excludes halogenated alkanes) is 2. The Kier molecular flexibility index (Phi) is 8.51. The second-order valence-electron chi connectivity index (χ2n) is 6.46. The molecule has 0 aromatic heterocycles. The molecule has 0 aromatic rings. The molecule has 0 aliphatic heterocycles. The second kappa shape index (κ2) is 8.98. The third-order valence-corrected chi connectivity index (χ3v) is 3.28. The summed E-state index contributed by atoms with van der Waals surface area (Å²) < 4.78 is 5.03. The van der Waals surface area contributed by atoms with Crippen molar-refractivity contribution in [1.29, 1.82) is 0 Å². The Hall–Kier alpha value is -1.06. The molecule has 0 saturated carbocycles. The van der Waals surface area contributed by atoms with Crippen molar-refractivity contribution < 1.29 is 14.3 Å². The minimum atomic E-state index is -0.754. The molecule has 0 fully saturated rings. The molecule has 2 unspecified atom stereocenters. The highest BCUT2D eigenvalue weighted by Crippen LogP contribution is 2.27. The summed E-state index contributed by atoms with van der Waals surface area (Å²) in [4.78, 5) is 24.3. The van der Waals surface area contributed by atoms with Gasteiger partial charge >= 0.3 is 5.97 Å². The molecule has 1 N–H and O–H groups in total. The van der Waals surface area contributed by atoms with Crippen LogP contribution < -0.4 is 5.32 Å². The third kappa shape index (κ3) is 6.92. The summed E-state index contributed by atoms with van der Waals surface area (Å²) in [5, 5.41) is 2.94. The summed E-state index contributed by atoms with van der Waals surface area (Å²) in [6.45, 7) is 11.8. The predicted octanol–water partition coefficient (Wildman–Crippen LogP) is 3.30. The number of hydrogen-bond donors (Lipinski definition) is 1. The smallest absolute Gasteiger partial charge is 0.319 e. The molecule has 0 saturated heterocycles. The maximum atomic E-state index is 12.3. The molecule has 0 aliphatic rings. The highest BCUT2D eigenvalue weighted by molar-refractivity contribution is 5.98. The minimum Gasteiger partial charge on any atom is -0.465 e. The SMILES string of the molecule is CCCCCC(C)NC(=O)C(C(=O)OCC)C(C)(C)C. The van der Waals surface area contributed by atoms with E-state index in [0.717, 1.165) is 19.3 Å². The van der Waals surface area contributed by atoms with Crippen molar-refractivity contribution in [2.45, 2.75) is 73.3 Å². The first-order chi connectivity index (χ1) is 9.23. The van der Waals surface area contributed by atoms with Gasteiger partial charge in [-0.1, -0.05) is 47.0 Å². The number of ether oxygens (including phenoxy) is 1. The maximum absolute atomic E-state index is 12.3. The second-order valence-corrected chi connectivity index (χ2v) is 6.46. The Bertz CT molecular complexity index is 307. The van der Waals surface area contributed by atoms with Crippen molar-refractivity contribution in [1.82, 2.24) is 5.32 Å². The number of amides is 1. The van der Waals surface area contributed by atoms with Crippen LogP contribution in [0.1, 0.15) is 67.2 Å². The molecular formula is C16H31NO3. The van der Waals surface area contributed by atoms with E-state index in [1.807, 2.05) is 27.7 Å². The molecule has 0 heterocycles. The van der Waals surface area contributed by atoms with Gasteiger partial charge in [0.05, 0.1) is 6.61 Å². The minimum absolute atomic E-state index is 0.0910. The van der Waals surface area contributed by atoms with E-state index in [1.54, 1.807) is 6.92 Å². The van der Waals surface area contributed by atoms with Crippen molar-refractivity contribution >= 4 is 11.9 Å². The van der Waals surface area contributed by atoms with E-state index >= 15 is 0 Å². The molecule has 0 radical (unpaired) electrons. The average molecular weight is 285 g/mol. The van der Waals surface area contributed by atoms with Gasteiger partial charge in [-0.05, 0) is 25.7 Å². The summed E-state index contributed by atoms with van der Waals surface area (Å²) in [5.41, 5.74) is -0.445. The lowest BCUT2D eigenvalue weighted by Crippen LogP contribution is -2.46. The lowest BCUT2D eigenvalue weighted by molar-refractivity contribution is -0.156. The zero-order chi connectivity index (χ0) is 15.8. The molecule has 0 aromatic carbocycles. The van der Waals surface area contributed by atoms with E-state index in [0.29, 0.717) is 6.61 Å². The van der Waals surface area contributed by atoms with Crippen LogP contribution in [0.15, 0.2) is 0 Å². The van der Waals surface area contributed by atoms with Gasteiger partial charge in [-0.3, -0.25) is 9.59 Å². The number of rotatable bonds is 8. The van der Waals surface area contributed by atoms with Gasteiger partial charge in [0.1, 0.15) is 5.92 Å². The van der Waals surface area contributed by atoms with Crippen LogP contribution in [-0.2, 0) is 14.3 Å².